The first-order valence-electron chi connectivity index (χ1n) is 7.77. The molecule has 0 aliphatic carbocycles. The third kappa shape index (κ3) is 3.54. The van der Waals surface area contributed by atoms with Gasteiger partial charge in [0.15, 0.2) is 0 Å². The number of benzene rings is 1. The summed E-state index contributed by atoms with van der Waals surface area (Å²) < 4.78 is 0. The number of hydrogen-bond donors (Lipinski definition) is 1. The summed E-state index contributed by atoms with van der Waals surface area (Å²) >= 11 is 0. The summed E-state index contributed by atoms with van der Waals surface area (Å²) in [5.41, 5.74) is 1.03. The molecular weight excluding hydrogens is 278 g/mol. The molecule has 5 heteroatoms. The zero-order valence-corrected chi connectivity index (χ0v) is 12.6. The number of carboxylic acids is 1. The van der Waals surface area contributed by atoms with Gasteiger partial charge in [-0.05, 0) is 31.2 Å². The Labute approximate surface area is 130 Å². The number of pyridine rings is 1. The molecule has 2 heterocycles. The van der Waals surface area contributed by atoms with Crippen LogP contribution in [-0.4, -0.2) is 53.7 Å². The molecule has 0 radical (unpaired) electrons. The molecule has 0 unspecified atom stereocenters. The molecule has 1 fully saturated rings. The van der Waals surface area contributed by atoms with Crippen molar-refractivity contribution in [2.24, 2.45) is 0 Å². The maximum Gasteiger partial charge on any atom is 0.303 e. The van der Waals surface area contributed by atoms with Crippen LogP contribution in [0.4, 0.5) is 5.82 Å². The van der Waals surface area contributed by atoms with Gasteiger partial charge in [-0.3, -0.25) is 9.69 Å². The maximum atomic E-state index is 10.6. The molecule has 22 heavy (non-hydrogen) atoms. The predicted octanol–water partition coefficient (Wildman–Crippen LogP) is 2.22. The van der Waals surface area contributed by atoms with Crippen LogP contribution in [0, 0.1) is 0 Å². The summed E-state index contributed by atoms with van der Waals surface area (Å²) in [6.07, 6.45) is 0.982. The van der Waals surface area contributed by atoms with Gasteiger partial charge in [0.05, 0.1) is 5.52 Å². The topological polar surface area (TPSA) is 56.7 Å². The van der Waals surface area contributed by atoms with Crippen LogP contribution in [0.5, 0.6) is 0 Å². The van der Waals surface area contributed by atoms with Crippen molar-refractivity contribution >= 4 is 22.7 Å². The van der Waals surface area contributed by atoms with E-state index in [1.54, 1.807) is 0 Å². The minimum atomic E-state index is -0.709. The van der Waals surface area contributed by atoms with Gasteiger partial charge in [-0.2, -0.15) is 0 Å². The third-order valence-corrected chi connectivity index (χ3v) is 4.14. The number of carbonyl (C=O) groups is 1. The molecule has 1 aromatic carbocycles. The van der Waals surface area contributed by atoms with Crippen LogP contribution < -0.4 is 4.90 Å². The molecule has 0 bridgehead atoms. The lowest BCUT2D eigenvalue weighted by atomic mass is 10.2. The van der Waals surface area contributed by atoms with Crippen molar-refractivity contribution in [2.45, 2.75) is 12.8 Å². The van der Waals surface area contributed by atoms with Crippen molar-refractivity contribution in [3.63, 3.8) is 0 Å². The second-order valence-electron chi connectivity index (χ2n) is 5.69. The molecular formula is C17H21N3O2. The van der Waals surface area contributed by atoms with E-state index in [1.807, 2.05) is 18.2 Å². The van der Waals surface area contributed by atoms with E-state index in [2.05, 4.69) is 28.0 Å². The van der Waals surface area contributed by atoms with Gasteiger partial charge in [-0.15, -0.1) is 0 Å². The Morgan fingerprint density at radius 1 is 1.09 bits per heavy atom. The van der Waals surface area contributed by atoms with E-state index < -0.39 is 5.97 Å². The van der Waals surface area contributed by atoms with E-state index in [9.17, 15) is 4.79 Å². The molecule has 0 saturated carbocycles. The highest BCUT2D eigenvalue weighted by molar-refractivity contribution is 5.80. The Kier molecular flexibility index (Phi) is 4.53. The molecule has 5 nitrogen and oxygen atoms in total. The maximum absolute atomic E-state index is 10.6. The summed E-state index contributed by atoms with van der Waals surface area (Å²) in [5.74, 6) is 0.322. The number of nitrogens with zero attached hydrogens (tertiary/aromatic N) is 3. The fraction of sp³-hybridized carbons (Fsp3) is 0.412. The molecule has 1 saturated heterocycles. The number of aromatic nitrogens is 1. The monoisotopic (exact) mass is 299 g/mol. The first kappa shape index (κ1) is 14.8. The van der Waals surface area contributed by atoms with Crippen molar-refractivity contribution in [2.75, 3.05) is 37.6 Å². The van der Waals surface area contributed by atoms with E-state index in [-0.39, 0.29) is 6.42 Å². The molecule has 1 aromatic heterocycles. The third-order valence-electron chi connectivity index (χ3n) is 4.14. The number of hydrogen-bond acceptors (Lipinski definition) is 4. The van der Waals surface area contributed by atoms with Gasteiger partial charge < -0.3 is 10.0 Å². The number of para-hydroxylation sites is 1. The minimum absolute atomic E-state index is 0.256. The highest BCUT2D eigenvalue weighted by atomic mass is 16.4. The first-order valence-corrected chi connectivity index (χ1v) is 7.77. The van der Waals surface area contributed by atoms with Crippen LogP contribution in [-0.2, 0) is 4.79 Å². The number of fused-ring (bicyclic) bond motifs is 1. The SMILES string of the molecule is O=C(O)CCCN1CCN(c2ccc3ccccc3n2)CC1. The van der Waals surface area contributed by atoms with Gasteiger partial charge in [0.25, 0.3) is 0 Å². The number of piperazine rings is 1. The fourth-order valence-corrected chi connectivity index (χ4v) is 2.89. The summed E-state index contributed by atoms with van der Waals surface area (Å²) in [6, 6.07) is 12.4. The second kappa shape index (κ2) is 6.75. The Balaban J connectivity index is 1.57. The Morgan fingerprint density at radius 2 is 1.86 bits per heavy atom. The van der Waals surface area contributed by atoms with E-state index in [4.69, 9.17) is 10.1 Å². The van der Waals surface area contributed by atoms with Crippen LogP contribution in [0.15, 0.2) is 36.4 Å². The van der Waals surface area contributed by atoms with Crippen LogP contribution in [0.2, 0.25) is 0 Å². The zero-order chi connectivity index (χ0) is 15.4. The van der Waals surface area contributed by atoms with Crippen molar-refractivity contribution in [3.8, 4) is 0 Å². The summed E-state index contributed by atoms with van der Waals surface area (Å²) in [7, 11) is 0. The molecule has 0 spiro atoms. The minimum Gasteiger partial charge on any atom is -0.481 e. The highest BCUT2D eigenvalue weighted by Gasteiger charge is 2.18. The van der Waals surface area contributed by atoms with Crippen molar-refractivity contribution in [1.29, 1.82) is 0 Å². The quantitative estimate of drug-likeness (QED) is 0.917. The number of anilines is 1. The largest absolute Gasteiger partial charge is 0.481 e. The normalized spacial score (nSPS) is 16.1. The van der Waals surface area contributed by atoms with Gasteiger partial charge >= 0.3 is 5.97 Å². The molecule has 3 rings (SSSR count). The Hall–Kier alpha value is -2.14. The lowest BCUT2D eigenvalue weighted by molar-refractivity contribution is -0.137. The van der Waals surface area contributed by atoms with Gasteiger partial charge in [0.2, 0.25) is 0 Å². The van der Waals surface area contributed by atoms with Crippen molar-refractivity contribution < 1.29 is 9.90 Å². The molecule has 1 aliphatic rings. The predicted molar refractivity (Wildman–Crippen MR) is 87.3 cm³/mol. The van der Waals surface area contributed by atoms with E-state index in [0.717, 1.165) is 50.5 Å². The first-order chi connectivity index (χ1) is 10.7. The van der Waals surface area contributed by atoms with Gasteiger partial charge in [-0.1, -0.05) is 18.2 Å². The van der Waals surface area contributed by atoms with Crippen LogP contribution in [0.25, 0.3) is 10.9 Å². The van der Waals surface area contributed by atoms with Gasteiger partial charge in [0, 0.05) is 38.0 Å². The molecule has 1 aliphatic heterocycles. The van der Waals surface area contributed by atoms with E-state index >= 15 is 0 Å². The molecule has 0 atom stereocenters. The smallest absolute Gasteiger partial charge is 0.303 e. The van der Waals surface area contributed by atoms with Crippen LogP contribution in [0.3, 0.4) is 0 Å². The summed E-state index contributed by atoms with van der Waals surface area (Å²) in [6.45, 7) is 4.68. The Morgan fingerprint density at radius 3 is 2.64 bits per heavy atom. The average molecular weight is 299 g/mol. The van der Waals surface area contributed by atoms with Crippen LogP contribution >= 0.6 is 0 Å². The van der Waals surface area contributed by atoms with Crippen LogP contribution in [0.1, 0.15) is 12.8 Å². The lowest BCUT2D eigenvalue weighted by Gasteiger charge is -2.35. The van der Waals surface area contributed by atoms with Gasteiger partial charge in [-0.25, -0.2) is 4.98 Å². The summed E-state index contributed by atoms with van der Waals surface area (Å²) in [5, 5.41) is 9.85. The number of aliphatic carboxylic acids is 1. The summed E-state index contributed by atoms with van der Waals surface area (Å²) in [4.78, 5) is 19.9. The number of rotatable bonds is 5. The molecule has 2 aromatic rings. The van der Waals surface area contributed by atoms with E-state index in [0.29, 0.717) is 0 Å². The van der Waals surface area contributed by atoms with E-state index in [1.165, 1.54) is 5.39 Å². The number of carboxylic acid groups (broad SMARTS) is 1. The van der Waals surface area contributed by atoms with Crippen molar-refractivity contribution in [3.05, 3.63) is 36.4 Å². The zero-order valence-electron chi connectivity index (χ0n) is 12.6. The second-order valence-corrected chi connectivity index (χ2v) is 5.69. The average Bonchev–Trinajstić information content (AvgIpc) is 2.55. The molecule has 1 N–H and O–H groups in total. The standard InChI is InChI=1S/C17H21N3O2/c21-17(22)6-3-9-19-10-12-20(13-11-19)16-8-7-14-4-1-2-5-15(14)18-16/h1-2,4-5,7-8H,3,6,9-13H2,(H,21,22). The fourth-order valence-electron chi connectivity index (χ4n) is 2.89. The Bertz CT molecular complexity index is 651. The highest BCUT2D eigenvalue weighted by Crippen LogP contribution is 2.19. The molecule has 0 amide bonds. The lowest BCUT2D eigenvalue weighted by Crippen LogP contribution is -2.47. The van der Waals surface area contributed by atoms with Gasteiger partial charge in [0.1, 0.15) is 5.82 Å². The molecule has 116 valence electrons. The van der Waals surface area contributed by atoms with Crippen molar-refractivity contribution in [1.82, 2.24) is 9.88 Å².